The third kappa shape index (κ3) is 5.22. The van der Waals surface area contributed by atoms with Crippen LogP contribution in [-0.4, -0.2) is 34.7 Å². The lowest BCUT2D eigenvalue weighted by atomic mass is 10.2. The van der Waals surface area contributed by atoms with E-state index in [4.69, 9.17) is 21.0 Å². The highest BCUT2D eigenvalue weighted by Gasteiger charge is 2.15. The quantitative estimate of drug-likeness (QED) is 0.737. The van der Waals surface area contributed by atoms with Gasteiger partial charge in [-0.1, -0.05) is 17.3 Å². The first-order chi connectivity index (χ1) is 11.9. The molecule has 130 valence electrons. The van der Waals surface area contributed by atoms with Crippen molar-refractivity contribution in [1.29, 1.82) is 0 Å². The van der Waals surface area contributed by atoms with Gasteiger partial charge < -0.3 is 14.6 Å². The molecular formula is C17H16N2O5S. The smallest absolute Gasteiger partial charge is 0.347 e. The number of hydrogen-bond donors (Lipinski definition) is 2. The molecule has 25 heavy (non-hydrogen) atoms. The SMILES string of the molecule is C#CCOc1cc(OC(C)C)cc(C(=O)Nc2ncc(C(=O)O)s2)c1. The summed E-state index contributed by atoms with van der Waals surface area (Å²) in [5, 5.41) is 11.6. The van der Waals surface area contributed by atoms with Gasteiger partial charge in [0.05, 0.1) is 12.3 Å². The second-order valence-corrected chi connectivity index (χ2v) is 6.17. The molecule has 0 bridgehead atoms. The van der Waals surface area contributed by atoms with Gasteiger partial charge >= 0.3 is 5.97 Å². The predicted molar refractivity (Wildman–Crippen MR) is 93.6 cm³/mol. The number of carboxylic acids is 1. The molecule has 0 radical (unpaired) electrons. The molecule has 1 amide bonds. The van der Waals surface area contributed by atoms with Crippen molar-refractivity contribution in [3.05, 3.63) is 34.8 Å². The van der Waals surface area contributed by atoms with E-state index in [1.165, 1.54) is 12.3 Å². The maximum atomic E-state index is 12.4. The Morgan fingerprint density at radius 1 is 1.36 bits per heavy atom. The van der Waals surface area contributed by atoms with E-state index in [0.29, 0.717) is 11.5 Å². The molecule has 0 aliphatic rings. The minimum absolute atomic E-state index is 0.0326. The Labute approximate surface area is 148 Å². The van der Waals surface area contributed by atoms with Crippen molar-refractivity contribution >= 4 is 28.3 Å². The van der Waals surface area contributed by atoms with Crippen LogP contribution in [0.25, 0.3) is 0 Å². The van der Waals surface area contributed by atoms with E-state index in [2.05, 4.69) is 16.2 Å². The van der Waals surface area contributed by atoms with Gasteiger partial charge in [0.25, 0.3) is 5.91 Å². The van der Waals surface area contributed by atoms with E-state index in [-0.39, 0.29) is 28.3 Å². The van der Waals surface area contributed by atoms with Crippen LogP contribution in [0.3, 0.4) is 0 Å². The summed E-state index contributed by atoms with van der Waals surface area (Å²) in [5.74, 6) is 1.64. The van der Waals surface area contributed by atoms with E-state index in [0.717, 1.165) is 11.3 Å². The number of amides is 1. The van der Waals surface area contributed by atoms with E-state index in [1.54, 1.807) is 12.1 Å². The molecule has 0 unspecified atom stereocenters. The zero-order valence-electron chi connectivity index (χ0n) is 13.6. The molecule has 0 saturated carbocycles. The Balaban J connectivity index is 2.23. The number of carboxylic acid groups (broad SMARTS) is 1. The Morgan fingerprint density at radius 3 is 2.68 bits per heavy atom. The van der Waals surface area contributed by atoms with Gasteiger partial charge in [0, 0.05) is 11.6 Å². The number of carbonyl (C=O) groups excluding carboxylic acids is 1. The number of aromatic nitrogens is 1. The van der Waals surface area contributed by atoms with Gasteiger partial charge in [-0.3, -0.25) is 10.1 Å². The highest BCUT2D eigenvalue weighted by molar-refractivity contribution is 7.17. The summed E-state index contributed by atoms with van der Waals surface area (Å²) in [4.78, 5) is 27.2. The van der Waals surface area contributed by atoms with Crippen LogP contribution < -0.4 is 14.8 Å². The molecule has 0 aliphatic heterocycles. The van der Waals surface area contributed by atoms with Crippen molar-refractivity contribution in [2.75, 3.05) is 11.9 Å². The molecule has 0 spiro atoms. The van der Waals surface area contributed by atoms with Gasteiger partial charge in [0.2, 0.25) is 0 Å². The van der Waals surface area contributed by atoms with Crippen molar-refractivity contribution in [3.8, 4) is 23.8 Å². The molecule has 2 N–H and O–H groups in total. The summed E-state index contributed by atoms with van der Waals surface area (Å²) in [5.41, 5.74) is 0.275. The van der Waals surface area contributed by atoms with Crippen LogP contribution in [0.1, 0.15) is 33.9 Å². The monoisotopic (exact) mass is 360 g/mol. The number of rotatable bonds is 7. The van der Waals surface area contributed by atoms with E-state index >= 15 is 0 Å². The Hall–Kier alpha value is -3.05. The second-order valence-electron chi connectivity index (χ2n) is 5.14. The number of anilines is 1. The lowest BCUT2D eigenvalue weighted by molar-refractivity contribution is 0.0701. The third-order valence-corrected chi connectivity index (χ3v) is 3.67. The first kappa shape index (κ1) is 18.3. The molecule has 8 heteroatoms. The molecular weight excluding hydrogens is 344 g/mol. The average molecular weight is 360 g/mol. The van der Waals surface area contributed by atoms with E-state index < -0.39 is 11.9 Å². The Morgan fingerprint density at radius 2 is 2.08 bits per heavy atom. The summed E-state index contributed by atoms with van der Waals surface area (Å²) in [6.07, 6.45) is 6.28. The summed E-state index contributed by atoms with van der Waals surface area (Å²) in [6, 6.07) is 4.72. The van der Waals surface area contributed by atoms with Gasteiger partial charge in [-0.2, -0.15) is 0 Å². The first-order valence-corrected chi connectivity index (χ1v) is 8.09. The number of aromatic carboxylic acids is 1. The lowest BCUT2D eigenvalue weighted by Crippen LogP contribution is -2.13. The van der Waals surface area contributed by atoms with Crippen LogP contribution in [0.5, 0.6) is 11.5 Å². The maximum Gasteiger partial charge on any atom is 0.347 e. The number of ether oxygens (including phenoxy) is 2. The highest BCUT2D eigenvalue weighted by Crippen LogP contribution is 2.25. The minimum atomic E-state index is -1.10. The number of thiazole rings is 1. The van der Waals surface area contributed by atoms with Gasteiger partial charge in [0.15, 0.2) is 5.13 Å². The fraction of sp³-hybridized carbons (Fsp3) is 0.235. The van der Waals surface area contributed by atoms with Crippen LogP contribution in [-0.2, 0) is 0 Å². The third-order valence-electron chi connectivity index (χ3n) is 2.77. The molecule has 0 fully saturated rings. The maximum absolute atomic E-state index is 12.4. The number of terminal acetylenes is 1. The van der Waals surface area contributed by atoms with Crippen molar-refractivity contribution < 1.29 is 24.2 Å². The van der Waals surface area contributed by atoms with Crippen molar-refractivity contribution in [1.82, 2.24) is 4.98 Å². The van der Waals surface area contributed by atoms with Crippen molar-refractivity contribution in [2.45, 2.75) is 20.0 Å². The molecule has 1 aromatic carbocycles. The van der Waals surface area contributed by atoms with Gasteiger partial charge in [-0.05, 0) is 26.0 Å². The van der Waals surface area contributed by atoms with Crippen LogP contribution in [0, 0.1) is 12.3 Å². The van der Waals surface area contributed by atoms with E-state index in [9.17, 15) is 9.59 Å². The normalized spacial score (nSPS) is 10.2. The summed E-state index contributed by atoms with van der Waals surface area (Å²) < 4.78 is 11.0. The van der Waals surface area contributed by atoms with Crippen molar-refractivity contribution in [2.24, 2.45) is 0 Å². The second kappa shape index (κ2) is 8.17. The molecule has 1 heterocycles. The minimum Gasteiger partial charge on any atom is -0.491 e. The summed E-state index contributed by atoms with van der Waals surface area (Å²) in [7, 11) is 0. The number of hydrogen-bond acceptors (Lipinski definition) is 6. The summed E-state index contributed by atoms with van der Waals surface area (Å²) in [6.45, 7) is 3.77. The molecule has 2 aromatic rings. The number of nitrogens with one attached hydrogen (secondary N) is 1. The summed E-state index contributed by atoms with van der Waals surface area (Å²) >= 11 is 0.865. The Kier molecular flexibility index (Phi) is 5.98. The molecule has 0 aliphatic carbocycles. The number of benzene rings is 1. The fourth-order valence-electron chi connectivity index (χ4n) is 1.85. The van der Waals surface area contributed by atoms with Crippen molar-refractivity contribution in [3.63, 3.8) is 0 Å². The fourth-order valence-corrected chi connectivity index (χ4v) is 2.50. The standard InChI is InChI=1S/C17H16N2O5S/c1-4-5-23-12-6-11(7-13(8-12)24-10(2)3)15(20)19-17-18-9-14(25-17)16(21)22/h1,6-10H,5H2,2-3H3,(H,21,22)(H,18,19,20). The van der Waals surface area contributed by atoms with Crippen LogP contribution in [0.2, 0.25) is 0 Å². The molecule has 7 nitrogen and oxygen atoms in total. The van der Waals surface area contributed by atoms with Crippen LogP contribution in [0.15, 0.2) is 24.4 Å². The molecule has 2 rings (SSSR count). The van der Waals surface area contributed by atoms with Gasteiger partial charge in [-0.15, -0.1) is 6.42 Å². The first-order valence-electron chi connectivity index (χ1n) is 7.27. The zero-order valence-corrected chi connectivity index (χ0v) is 14.4. The predicted octanol–water partition coefficient (Wildman–Crippen LogP) is 2.89. The van der Waals surface area contributed by atoms with E-state index in [1.807, 2.05) is 13.8 Å². The number of nitrogens with zero attached hydrogens (tertiary/aromatic N) is 1. The molecule has 1 aromatic heterocycles. The molecule has 0 atom stereocenters. The average Bonchev–Trinajstić information content (AvgIpc) is 3.00. The zero-order chi connectivity index (χ0) is 18.4. The molecule has 0 saturated heterocycles. The van der Waals surface area contributed by atoms with Crippen LogP contribution >= 0.6 is 11.3 Å². The van der Waals surface area contributed by atoms with Gasteiger partial charge in [-0.25, -0.2) is 9.78 Å². The Bertz CT molecular complexity index is 823. The topological polar surface area (TPSA) is 97.8 Å². The lowest BCUT2D eigenvalue weighted by Gasteiger charge is -2.13. The largest absolute Gasteiger partial charge is 0.491 e. The number of carbonyl (C=O) groups is 2. The highest BCUT2D eigenvalue weighted by atomic mass is 32.1. The van der Waals surface area contributed by atoms with Gasteiger partial charge in [0.1, 0.15) is 23.0 Å². The van der Waals surface area contributed by atoms with Crippen LogP contribution in [0.4, 0.5) is 5.13 Å².